The van der Waals surface area contributed by atoms with Crippen LogP contribution in [0.1, 0.15) is 23.1 Å². The largest absolute Gasteiger partial charge is 0.492 e. The Labute approximate surface area is 151 Å². The number of nitrogens with zero attached hydrogens (tertiary/aromatic N) is 2. The number of amides is 3. The molecule has 2 aliphatic rings. The first-order chi connectivity index (χ1) is 12.6. The average Bonchev–Trinajstić information content (AvgIpc) is 3.15. The molecule has 1 N–H and O–H groups in total. The van der Waals surface area contributed by atoms with E-state index in [4.69, 9.17) is 10.00 Å². The Morgan fingerprint density at radius 2 is 1.92 bits per heavy atom. The van der Waals surface area contributed by atoms with E-state index in [2.05, 4.69) is 5.32 Å². The van der Waals surface area contributed by atoms with Gasteiger partial charge in [-0.3, -0.25) is 9.69 Å². The van der Waals surface area contributed by atoms with E-state index in [1.165, 1.54) is 4.90 Å². The van der Waals surface area contributed by atoms with Gasteiger partial charge in [0.15, 0.2) is 0 Å². The second-order valence-corrected chi connectivity index (χ2v) is 6.43. The highest BCUT2D eigenvalue weighted by Gasteiger charge is 2.54. The lowest BCUT2D eigenvalue weighted by Gasteiger charge is -2.22. The highest BCUT2D eigenvalue weighted by atomic mass is 16.5. The minimum absolute atomic E-state index is 0.175. The maximum absolute atomic E-state index is 13.0. The van der Waals surface area contributed by atoms with Crippen LogP contribution in [-0.2, 0) is 16.8 Å². The Morgan fingerprint density at radius 1 is 1.15 bits per heavy atom. The normalized spacial score (nSPS) is 20.8. The summed E-state index contributed by atoms with van der Waals surface area (Å²) in [5.41, 5.74) is 1.63. The summed E-state index contributed by atoms with van der Waals surface area (Å²) >= 11 is 0. The highest BCUT2D eigenvalue weighted by Crippen LogP contribution is 2.41. The van der Waals surface area contributed by atoms with Gasteiger partial charge in [-0.1, -0.05) is 24.3 Å². The smallest absolute Gasteiger partial charge is 0.325 e. The fourth-order valence-corrected chi connectivity index (χ4v) is 3.67. The standard InChI is InChI=1S/C20H17N3O3/c21-13-14-5-7-16(8-6-14)26-12-11-23-18(24)20(22-19(23)25)10-9-15-3-1-2-4-17(15)20/h1-8H,9-12H2,(H,22,25)/t20-/m0/s1. The molecule has 0 saturated carbocycles. The highest BCUT2D eigenvalue weighted by molar-refractivity contribution is 6.08. The van der Waals surface area contributed by atoms with Crippen LogP contribution in [0.3, 0.4) is 0 Å². The number of carbonyl (C=O) groups is 2. The minimum Gasteiger partial charge on any atom is -0.492 e. The topological polar surface area (TPSA) is 82.4 Å². The molecule has 1 aliphatic heterocycles. The number of ether oxygens (including phenoxy) is 1. The predicted molar refractivity (Wildman–Crippen MR) is 93.3 cm³/mol. The number of fused-ring (bicyclic) bond motifs is 2. The molecule has 1 aliphatic carbocycles. The van der Waals surface area contributed by atoms with Crippen molar-refractivity contribution in [3.8, 4) is 11.8 Å². The first-order valence-corrected chi connectivity index (χ1v) is 8.49. The lowest BCUT2D eigenvalue weighted by atomic mass is 9.92. The number of carbonyl (C=O) groups excluding carboxylic acids is 2. The van der Waals surface area contributed by atoms with Gasteiger partial charge in [-0.05, 0) is 48.2 Å². The van der Waals surface area contributed by atoms with Crippen LogP contribution < -0.4 is 10.1 Å². The van der Waals surface area contributed by atoms with Crippen molar-refractivity contribution >= 4 is 11.9 Å². The van der Waals surface area contributed by atoms with E-state index in [1.807, 2.05) is 30.3 Å². The van der Waals surface area contributed by atoms with Gasteiger partial charge >= 0.3 is 6.03 Å². The van der Waals surface area contributed by atoms with Crippen LogP contribution in [0.5, 0.6) is 5.75 Å². The van der Waals surface area contributed by atoms with E-state index in [-0.39, 0.29) is 25.1 Å². The summed E-state index contributed by atoms with van der Waals surface area (Å²) in [6.07, 6.45) is 1.36. The third-order valence-electron chi connectivity index (χ3n) is 4.99. The van der Waals surface area contributed by atoms with Gasteiger partial charge in [-0.2, -0.15) is 5.26 Å². The monoisotopic (exact) mass is 347 g/mol. The molecule has 6 heteroatoms. The fourth-order valence-electron chi connectivity index (χ4n) is 3.67. The SMILES string of the molecule is N#Cc1ccc(OCCN2C(=O)N[C@]3(CCc4ccccc43)C2=O)cc1. The Hall–Kier alpha value is -3.33. The fraction of sp³-hybridized carbons (Fsp3) is 0.250. The molecule has 130 valence electrons. The van der Waals surface area contributed by atoms with Crippen molar-refractivity contribution in [3.05, 3.63) is 65.2 Å². The lowest BCUT2D eigenvalue weighted by molar-refractivity contribution is -0.131. The second-order valence-electron chi connectivity index (χ2n) is 6.43. The van der Waals surface area contributed by atoms with Crippen LogP contribution >= 0.6 is 0 Å². The quantitative estimate of drug-likeness (QED) is 0.861. The molecule has 0 bridgehead atoms. The first-order valence-electron chi connectivity index (χ1n) is 8.49. The number of hydrogen-bond acceptors (Lipinski definition) is 4. The van der Waals surface area contributed by atoms with E-state index >= 15 is 0 Å². The summed E-state index contributed by atoms with van der Waals surface area (Å²) in [7, 11) is 0. The van der Waals surface area contributed by atoms with Crippen LogP contribution in [0.25, 0.3) is 0 Å². The van der Waals surface area contributed by atoms with E-state index in [0.29, 0.717) is 17.7 Å². The number of benzene rings is 2. The maximum atomic E-state index is 13.0. The molecule has 2 aromatic rings. The number of nitrogens with one attached hydrogen (secondary N) is 1. The summed E-state index contributed by atoms with van der Waals surface area (Å²) in [6, 6.07) is 16.1. The molecular weight excluding hydrogens is 330 g/mol. The van der Waals surface area contributed by atoms with Crippen molar-refractivity contribution in [2.75, 3.05) is 13.2 Å². The molecule has 2 aromatic carbocycles. The van der Waals surface area contributed by atoms with Crippen molar-refractivity contribution in [2.45, 2.75) is 18.4 Å². The molecule has 4 rings (SSSR count). The zero-order valence-corrected chi connectivity index (χ0v) is 14.1. The van der Waals surface area contributed by atoms with Gasteiger partial charge in [0.05, 0.1) is 18.2 Å². The molecular formula is C20H17N3O3. The Kier molecular flexibility index (Phi) is 3.85. The minimum atomic E-state index is -0.928. The van der Waals surface area contributed by atoms with Crippen molar-refractivity contribution in [3.63, 3.8) is 0 Å². The first kappa shape index (κ1) is 16.2. The van der Waals surface area contributed by atoms with Gasteiger partial charge in [0.1, 0.15) is 17.9 Å². The molecule has 1 saturated heterocycles. The Balaban J connectivity index is 1.44. The van der Waals surface area contributed by atoms with Gasteiger partial charge in [0.2, 0.25) is 0 Å². The Morgan fingerprint density at radius 3 is 2.69 bits per heavy atom. The van der Waals surface area contributed by atoms with Gasteiger partial charge < -0.3 is 10.1 Å². The number of hydrogen-bond donors (Lipinski definition) is 1. The molecule has 0 aromatic heterocycles. The summed E-state index contributed by atoms with van der Waals surface area (Å²) in [5.74, 6) is 0.382. The van der Waals surface area contributed by atoms with Crippen LogP contribution in [0.2, 0.25) is 0 Å². The number of nitriles is 1. The summed E-state index contributed by atoms with van der Waals surface area (Å²) in [5, 5.41) is 11.7. The molecule has 6 nitrogen and oxygen atoms in total. The van der Waals surface area contributed by atoms with Gasteiger partial charge in [-0.15, -0.1) is 0 Å². The van der Waals surface area contributed by atoms with Crippen molar-refractivity contribution in [1.29, 1.82) is 5.26 Å². The van der Waals surface area contributed by atoms with E-state index < -0.39 is 5.54 Å². The number of urea groups is 1. The number of imide groups is 1. The summed E-state index contributed by atoms with van der Waals surface area (Å²) in [4.78, 5) is 26.6. The zero-order chi connectivity index (χ0) is 18.1. The van der Waals surface area contributed by atoms with Gasteiger partial charge in [0.25, 0.3) is 5.91 Å². The van der Waals surface area contributed by atoms with Crippen LogP contribution in [0.15, 0.2) is 48.5 Å². The van der Waals surface area contributed by atoms with E-state index in [9.17, 15) is 9.59 Å². The van der Waals surface area contributed by atoms with Crippen LogP contribution in [0.4, 0.5) is 4.79 Å². The third kappa shape index (κ3) is 2.49. The molecule has 1 fully saturated rings. The van der Waals surface area contributed by atoms with Crippen molar-refractivity contribution in [1.82, 2.24) is 10.2 Å². The van der Waals surface area contributed by atoms with Gasteiger partial charge in [-0.25, -0.2) is 4.79 Å². The number of rotatable bonds is 4. The Bertz CT molecular complexity index is 917. The van der Waals surface area contributed by atoms with Crippen molar-refractivity contribution < 1.29 is 14.3 Å². The predicted octanol–water partition coefficient (Wildman–Crippen LogP) is 2.33. The van der Waals surface area contributed by atoms with Crippen molar-refractivity contribution in [2.24, 2.45) is 0 Å². The average molecular weight is 347 g/mol. The van der Waals surface area contributed by atoms with E-state index in [0.717, 1.165) is 17.5 Å². The van der Waals surface area contributed by atoms with Crippen LogP contribution in [-0.4, -0.2) is 30.0 Å². The third-order valence-corrected chi connectivity index (χ3v) is 4.99. The molecule has 1 spiro atoms. The summed E-state index contributed by atoms with van der Waals surface area (Å²) < 4.78 is 5.60. The molecule has 26 heavy (non-hydrogen) atoms. The second kappa shape index (κ2) is 6.19. The molecule has 1 heterocycles. The molecule has 0 unspecified atom stereocenters. The maximum Gasteiger partial charge on any atom is 0.325 e. The lowest BCUT2D eigenvalue weighted by Crippen LogP contribution is -2.42. The van der Waals surface area contributed by atoms with Crippen LogP contribution in [0, 0.1) is 11.3 Å². The van der Waals surface area contributed by atoms with E-state index in [1.54, 1.807) is 24.3 Å². The molecule has 3 amide bonds. The molecule has 1 atom stereocenters. The van der Waals surface area contributed by atoms with Gasteiger partial charge in [0, 0.05) is 0 Å². The summed E-state index contributed by atoms with van der Waals surface area (Å²) in [6.45, 7) is 0.372. The molecule has 0 radical (unpaired) electrons. The zero-order valence-electron chi connectivity index (χ0n) is 14.1. The number of aryl methyl sites for hydroxylation is 1.